The summed E-state index contributed by atoms with van der Waals surface area (Å²) in [5.41, 5.74) is 0.347. The van der Waals surface area contributed by atoms with Gasteiger partial charge in [0, 0.05) is 12.8 Å². The zero-order valence-electron chi connectivity index (χ0n) is 21.3. The van der Waals surface area contributed by atoms with E-state index in [2.05, 4.69) is 48.5 Å². The fraction of sp³-hybridized carbons (Fsp3) is 0.962. The summed E-state index contributed by atoms with van der Waals surface area (Å²) < 4.78 is 12.6. The summed E-state index contributed by atoms with van der Waals surface area (Å²) in [5, 5.41) is 0. The molecule has 0 spiro atoms. The van der Waals surface area contributed by atoms with Crippen LogP contribution in [-0.2, 0) is 14.0 Å². The van der Waals surface area contributed by atoms with E-state index in [0.29, 0.717) is 11.3 Å². The first-order valence-corrected chi connectivity index (χ1v) is 15.4. The first kappa shape index (κ1) is 25.9. The Morgan fingerprint density at radius 2 is 1.77 bits per heavy atom. The van der Waals surface area contributed by atoms with Crippen LogP contribution in [0, 0.1) is 23.2 Å². The number of esters is 1. The first-order valence-electron chi connectivity index (χ1n) is 12.9. The number of carbonyl (C=O) groups is 1. The van der Waals surface area contributed by atoms with E-state index in [4.69, 9.17) is 9.16 Å². The van der Waals surface area contributed by atoms with Crippen LogP contribution < -0.4 is 0 Å². The summed E-state index contributed by atoms with van der Waals surface area (Å²) in [7, 11) is -1.55. The summed E-state index contributed by atoms with van der Waals surface area (Å²) in [6.45, 7) is 18.1. The van der Waals surface area contributed by atoms with Gasteiger partial charge in [0.25, 0.3) is 0 Å². The van der Waals surface area contributed by atoms with Gasteiger partial charge in [0.1, 0.15) is 6.10 Å². The van der Waals surface area contributed by atoms with Gasteiger partial charge in [-0.15, -0.1) is 0 Å². The quantitative estimate of drug-likeness (QED) is 0.244. The van der Waals surface area contributed by atoms with Crippen LogP contribution in [0.3, 0.4) is 0 Å². The lowest BCUT2D eigenvalue weighted by atomic mass is 9.61. The summed E-state index contributed by atoms with van der Waals surface area (Å²) in [6.07, 6.45) is 9.95. The maximum Gasteiger partial charge on any atom is 0.302 e. The zero-order chi connectivity index (χ0) is 22.6. The molecular formula is C26H50O3Si. The second-order valence-corrected chi connectivity index (χ2v) is 16.0. The Morgan fingerprint density at radius 1 is 1.13 bits per heavy atom. The Kier molecular flexibility index (Phi) is 9.07. The molecule has 176 valence electrons. The predicted octanol–water partition coefficient (Wildman–Crippen LogP) is 7.74. The average molecular weight is 439 g/mol. The van der Waals surface area contributed by atoms with Crippen molar-refractivity contribution in [2.45, 2.75) is 137 Å². The van der Waals surface area contributed by atoms with E-state index in [9.17, 15) is 4.79 Å². The van der Waals surface area contributed by atoms with Crippen LogP contribution in [0.15, 0.2) is 0 Å². The highest BCUT2D eigenvalue weighted by Crippen LogP contribution is 2.58. The predicted molar refractivity (Wildman–Crippen MR) is 129 cm³/mol. The van der Waals surface area contributed by atoms with E-state index in [1.54, 1.807) is 6.92 Å². The maximum atomic E-state index is 11.6. The normalized spacial score (nSPS) is 30.7. The van der Waals surface area contributed by atoms with E-state index >= 15 is 0 Å². The van der Waals surface area contributed by atoms with Crippen molar-refractivity contribution >= 4 is 14.3 Å². The SMILES string of the molecule is CC[Si](CC)(CC)OC(C)(C)CCC[C@H](C)[C@H]1CC[C@H]2[C@@H](OC(C)=O)CCC[C@]12C. The molecule has 0 N–H and O–H groups in total. The third-order valence-electron chi connectivity index (χ3n) is 9.00. The zero-order valence-corrected chi connectivity index (χ0v) is 22.3. The smallest absolute Gasteiger partial charge is 0.302 e. The molecule has 0 aliphatic heterocycles. The number of hydrogen-bond donors (Lipinski definition) is 0. The fourth-order valence-corrected chi connectivity index (χ4v) is 10.3. The molecule has 0 unspecified atom stereocenters. The van der Waals surface area contributed by atoms with Gasteiger partial charge in [-0.25, -0.2) is 0 Å². The van der Waals surface area contributed by atoms with Crippen LogP contribution in [0.4, 0.5) is 0 Å². The van der Waals surface area contributed by atoms with E-state index in [-0.39, 0.29) is 17.7 Å². The van der Waals surface area contributed by atoms with Gasteiger partial charge in [0.15, 0.2) is 8.32 Å². The van der Waals surface area contributed by atoms with Crippen LogP contribution in [0.25, 0.3) is 0 Å². The minimum Gasteiger partial charge on any atom is -0.462 e. The van der Waals surface area contributed by atoms with Crippen LogP contribution in [0.5, 0.6) is 0 Å². The monoisotopic (exact) mass is 438 g/mol. The van der Waals surface area contributed by atoms with Gasteiger partial charge in [-0.05, 0) is 87.8 Å². The molecule has 0 aromatic rings. The molecule has 5 atom stereocenters. The second-order valence-electron chi connectivity index (χ2n) is 11.3. The summed E-state index contributed by atoms with van der Waals surface area (Å²) >= 11 is 0. The molecule has 0 bridgehead atoms. The van der Waals surface area contributed by atoms with Crippen LogP contribution in [0.2, 0.25) is 18.1 Å². The number of rotatable bonds is 11. The van der Waals surface area contributed by atoms with Gasteiger partial charge >= 0.3 is 5.97 Å². The molecule has 0 aromatic heterocycles. The van der Waals surface area contributed by atoms with E-state index < -0.39 is 8.32 Å². The summed E-state index contributed by atoms with van der Waals surface area (Å²) in [6, 6.07) is 3.68. The molecule has 0 radical (unpaired) electrons. The molecule has 2 aliphatic carbocycles. The standard InChI is InChI=1S/C26H50O3Si/c1-9-30(10-2,11-3)29-25(6,7)18-12-14-20(4)22-16-17-23-24(28-21(5)27)15-13-19-26(22,23)8/h20,22-24H,9-19H2,1-8H3/t20-,22+,23-,24-,26+/m0/s1. The van der Waals surface area contributed by atoms with Crippen LogP contribution in [-0.4, -0.2) is 26.0 Å². The lowest BCUT2D eigenvalue weighted by Gasteiger charge is -2.46. The van der Waals surface area contributed by atoms with E-state index in [1.807, 2.05) is 0 Å². The van der Waals surface area contributed by atoms with Gasteiger partial charge in [-0.3, -0.25) is 4.79 Å². The van der Waals surface area contributed by atoms with Crippen molar-refractivity contribution in [2.75, 3.05) is 0 Å². The lowest BCUT2D eigenvalue weighted by Crippen LogP contribution is -2.44. The second kappa shape index (κ2) is 10.5. The van der Waals surface area contributed by atoms with Crippen LogP contribution in [0.1, 0.15) is 107 Å². The Bertz CT molecular complexity index is 548. The van der Waals surface area contributed by atoms with Crippen molar-refractivity contribution in [1.82, 2.24) is 0 Å². The van der Waals surface area contributed by atoms with Crippen LogP contribution >= 0.6 is 0 Å². The average Bonchev–Trinajstić information content (AvgIpc) is 3.03. The van der Waals surface area contributed by atoms with Crippen molar-refractivity contribution < 1.29 is 14.0 Å². The fourth-order valence-electron chi connectivity index (χ4n) is 7.10. The largest absolute Gasteiger partial charge is 0.462 e. The number of fused-ring (bicyclic) bond motifs is 1. The van der Waals surface area contributed by atoms with Gasteiger partial charge < -0.3 is 9.16 Å². The molecule has 0 aromatic carbocycles. The van der Waals surface area contributed by atoms with Gasteiger partial charge in [0.2, 0.25) is 0 Å². The maximum absolute atomic E-state index is 11.6. The lowest BCUT2D eigenvalue weighted by molar-refractivity contribution is -0.155. The van der Waals surface area contributed by atoms with E-state index in [0.717, 1.165) is 24.7 Å². The molecule has 3 nitrogen and oxygen atoms in total. The number of carbonyl (C=O) groups excluding carboxylic acids is 1. The first-order chi connectivity index (χ1) is 14.0. The topological polar surface area (TPSA) is 35.5 Å². The highest BCUT2D eigenvalue weighted by molar-refractivity contribution is 6.73. The summed E-state index contributed by atoms with van der Waals surface area (Å²) in [5.74, 6) is 1.96. The molecule has 2 rings (SSSR count). The molecular weight excluding hydrogens is 388 g/mol. The minimum absolute atomic E-state index is 0.00134. The van der Waals surface area contributed by atoms with Gasteiger partial charge in [-0.1, -0.05) is 47.5 Å². The molecule has 0 amide bonds. The number of ether oxygens (including phenoxy) is 1. The molecule has 2 fully saturated rings. The molecule has 0 saturated heterocycles. The third-order valence-corrected chi connectivity index (χ3v) is 13.9. The molecule has 2 aliphatic rings. The van der Waals surface area contributed by atoms with E-state index in [1.165, 1.54) is 56.7 Å². The third kappa shape index (κ3) is 5.91. The van der Waals surface area contributed by atoms with Gasteiger partial charge in [-0.2, -0.15) is 0 Å². The van der Waals surface area contributed by atoms with Crippen molar-refractivity contribution in [1.29, 1.82) is 0 Å². The Hall–Kier alpha value is -0.353. The minimum atomic E-state index is -1.55. The number of hydrogen-bond acceptors (Lipinski definition) is 3. The van der Waals surface area contributed by atoms with Crippen molar-refractivity contribution in [2.24, 2.45) is 23.2 Å². The Morgan fingerprint density at radius 3 is 2.33 bits per heavy atom. The van der Waals surface area contributed by atoms with Gasteiger partial charge in [0.05, 0.1) is 5.60 Å². The Labute approximate surface area is 188 Å². The highest BCUT2D eigenvalue weighted by atomic mass is 28.4. The molecule has 0 heterocycles. The molecule has 4 heteroatoms. The molecule has 2 saturated carbocycles. The van der Waals surface area contributed by atoms with Crippen molar-refractivity contribution in [3.8, 4) is 0 Å². The van der Waals surface area contributed by atoms with Crippen molar-refractivity contribution in [3.63, 3.8) is 0 Å². The molecule has 30 heavy (non-hydrogen) atoms. The Balaban J connectivity index is 1.92. The summed E-state index contributed by atoms with van der Waals surface area (Å²) in [4.78, 5) is 11.6. The highest BCUT2D eigenvalue weighted by Gasteiger charge is 2.53. The van der Waals surface area contributed by atoms with Crippen molar-refractivity contribution in [3.05, 3.63) is 0 Å².